The molecular formula is C64H59BN2O. The molecule has 10 aromatic rings. The smallest absolute Gasteiger partial charge is 0.194 e. The number of fused-ring (bicyclic) bond motifs is 11. The number of aromatic nitrogens is 1. The van der Waals surface area contributed by atoms with E-state index in [-0.39, 0.29) is 16.2 Å². The quantitative estimate of drug-likeness (QED) is 0.169. The van der Waals surface area contributed by atoms with Gasteiger partial charge in [-0.2, -0.15) is 0 Å². The number of anilines is 2. The van der Waals surface area contributed by atoms with Crippen LogP contribution in [0.5, 0.6) is 0 Å². The summed E-state index contributed by atoms with van der Waals surface area (Å²) < 4.78 is 7.07. The normalized spacial score (nSPS) is 17.1. The summed E-state index contributed by atoms with van der Waals surface area (Å²) >= 11 is 0. The molecule has 0 spiro atoms. The summed E-state index contributed by atoms with van der Waals surface area (Å²) in [5.41, 5.74) is 22.8. The number of benzene rings is 8. The van der Waals surface area contributed by atoms with Crippen LogP contribution < -0.4 is 10.4 Å². The summed E-state index contributed by atoms with van der Waals surface area (Å²) in [6, 6.07) is 55.2. The number of hydrogen-bond acceptors (Lipinski definition) is 2. The first-order valence-corrected chi connectivity index (χ1v) is 25.2. The van der Waals surface area contributed by atoms with Gasteiger partial charge >= 0.3 is 0 Å². The number of nitrogens with zero attached hydrogens (tertiary/aromatic N) is 1. The SMILES string of the molecule is CCC[C@H](C)c1ccc(N2C3=C(Bc4c2cc2oc5ccccc5c2c4-c2cccc4c2[nH]c2cc5ccccc5cc24)C(C)(C)c2cc4c(cc23)C(C)(C)CCC4(C)C)c(-c2ccccc2)c1. The zero-order chi connectivity index (χ0) is 46.4. The summed E-state index contributed by atoms with van der Waals surface area (Å²) in [6.07, 6.45) is 4.66. The second-order valence-corrected chi connectivity index (χ2v) is 22.3. The van der Waals surface area contributed by atoms with Crippen molar-refractivity contribution < 1.29 is 4.42 Å². The maximum absolute atomic E-state index is 7.07. The Labute approximate surface area is 401 Å². The number of nitrogens with one attached hydrogen (secondary N) is 1. The number of allylic oxidation sites excluding steroid dienone is 1. The van der Waals surface area contributed by atoms with Gasteiger partial charge in [0.15, 0.2) is 7.28 Å². The van der Waals surface area contributed by atoms with Crippen molar-refractivity contribution in [2.45, 2.75) is 103 Å². The molecule has 2 aliphatic carbocycles. The highest BCUT2D eigenvalue weighted by molar-refractivity contribution is 6.69. The summed E-state index contributed by atoms with van der Waals surface area (Å²) in [5, 5.41) is 7.31. The Bertz CT molecular complexity index is 3780. The van der Waals surface area contributed by atoms with E-state index in [0.717, 1.165) is 47.7 Å². The van der Waals surface area contributed by atoms with Gasteiger partial charge in [-0.15, -0.1) is 0 Å². The van der Waals surface area contributed by atoms with Crippen LogP contribution in [0.3, 0.4) is 0 Å². The van der Waals surface area contributed by atoms with Crippen LogP contribution in [-0.4, -0.2) is 12.3 Å². The molecule has 0 saturated carbocycles. The van der Waals surface area contributed by atoms with E-state index in [9.17, 15) is 0 Å². The van der Waals surface area contributed by atoms with Gasteiger partial charge in [-0.25, -0.2) is 0 Å². The van der Waals surface area contributed by atoms with Gasteiger partial charge in [0, 0.05) is 66.6 Å². The zero-order valence-electron chi connectivity index (χ0n) is 40.8. The third-order valence-corrected chi connectivity index (χ3v) is 16.9. The molecular weight excluding hydrogens is 824 g/mol. The highest BCUT2D eigenvalue weighted by Gasteiger charge is 2.48. The zero-order valence-corrected chi connectivity index (χ0v) is 40.8. The Kier molecular flexibility index (Phi) is 8.90. The number of rotatable bonds is 6. The average Bonchev–Trinajstić information content (AvgIpc) is 3.97. The van der Waals surface area contributed by atoms with E-state index < -0.39 is 0 Å². The fourth-order valence-corrected chi connectivity index (χ4v) is 13.0. The second kappa shape index (κ2) is 14.6. The monoisotopic (exact) mass is 882 g/mol. The topological polar surface area (TPSA) is 32.2 Å². The predicted molar refractivity (Wildman–Crippen MR) is 292 cm³/mol. The molecule has 4 heteroatoms. The molecule has 0 fully saturated rings. The van der Waals surface area contributed by atoms with Gasteiger partial charge in [0.25, 0.3) is 0 Å². The number of H-pyrrole nitrogens is 1. The largest absolute Gasteiger partial charge is 0.456 e. The molecule has 3 nitrogen and oxygen atoms in total. The third-order valence-electron chi connectivity index (χ3n) is 16.9. The van der Waals surface area contributed by atoms with Crippen LogP contribution in [0.15, 0.2) is 155 Å². The van der Waals surface area contributed by atoms with E-state index in [0.29, 0.717) is 5.92 Å². The molecule has 0 amide bonds. The Morgan fingerprint density at radius 2 is 1.32 bits per heavy atom. The summed E-state index contributed by atoms with van der Waals surface area (Å²) in [6.45, 7) is 19.6. The fraction of sp³-hybridized carbons (Fsp3) is 0.250. The number of hydrogen-bond donors (Lipinski definition) is 1. The summed E-state index contributed by atoms with van der Waals surface area (Å²) in [4.78, 5) is 6.71. The fourth-order valence-electron chi connectivity index (χ4n) is 13.0. The van der Waals surface area contributed by atoms with Gasteiger partial charge in [0.05, 0.1) is 11.2 Å². The Morgan fingerprint density at radius 1 is 0.618 bits per heavy atom. The molecule has 0 unspecified atom stereocenters. The molecule has 68 heavy (non-hydrogen) atoms. The van der Waals surface area contributed by atoms with Crippen molar-refractivity contribution in [1.82, 2.24) is 4.98 Å². The lowest BCUT2D eigenvalue weighted by molar-refractivity contribution is 0.331. The van der Waals surface area contributed by atoms with E-state index in [1.54, 1.807) is 0 Å². The number of furan rings is 1. The lowest BCUT2D eigenvalue weighted by atomic mass is 9.51. The molecule has 1 aliphatic heterocycles. The van der Waals surface area contributed by atoms with E-state index in [4.69, 9.17) is 4.42 Å². The van der Waals surface area contributed by atoms with Crippen LogP contribution in [0, 0.1) is 0 Å². The first-order chi connectivity index (χ1) is 32.8. The molecule has 13 rings (SSSR count). The molecule has 8 aromatic carbocycles. The molecule has 2 aromatic heterocycles. The third kappa shape index (κ3) is 5.92. The van der Waals surface area contributed by atoms with Gasteiger partial charge in [0.1, 0.15) is 11.2 Å². The van der Waals surface area contributed by atoms with Crippen molar-refractivity contribution in [1.29, 1.82) is 0 Å². The van der Waals surface area contributed by atoms with Crippen molar-refractivity contribution in [3.05, 3.63) is 179 Å². The van der Waals surface area contributed by atoms with Crippen LogP contribution in [0.2, 0.25) is 0 Å². The molecule has 3 heterocycles. The van der Waals surface area contributed by atoms with E-state index >= 15 is 0 Å². The van der Waals surface area contributed by atoms with Crippen molar-refractivity contribution >= 4 is 84.3 Å². The van der Waals surface area contributed by atoms with Crippen LogP contribution in [-0.2, 0) is 16.2 Å². The number of aromatic amines is 1. The van der Waals surface area contributed by atoms with Crippen LogP contribution in [0.1, 0.15) is 115 Å². The maximum Gasteiger partial charge on any atom is 0.194 e. The van der Waals surface area contributed by atoms with Crippen LogP contribution >= 0.6 is 0 Å². The first-order valence-electron chi connectivity index (χ1n) is 25.2. The molecule has 0 bridgehead atoms. The minimum Gasteiger partial charge on any atom is -0.456 e. The van der Waals surface area contributed by atoms with Crippen molar-refractivity contribution in [3.8, 4) is 22.3 Å². The van der Waals surface area contributed by atoms with E-state index in [1.165, 1.54) is 118 Å². The van der Waals surface area contributed by atoms with Gasteiger partial charge in [0.2, 0.25) is 0 Å². The maximum atomic E-state index is 7.07. The minimum atomic E-state index is -0.242. The van der Waals surface area contributed by atoms with Crippen LogP contribution in [0.4, 0.5) is 11.4 Å². The summed E-state index contributed by atoms with van der Waals surface area (Å²) in [7, 11) is 0.817. The molecule has 3 aliphatic rings. The van der Waals surface area contributed by atoms with Crippen LogP contribution in [0.25, 0.3) is 82.5 Å². The minimum absolute atomic E-state index is 0.0642. The lowest BCUT2D eigenvalue weighted by Crippen LogP contribution is -2.38. The van der Waals surface area contributed by atoms with E-state index in [2.05, 4.69) is 211 Å². The molecule has 1 atom stereocenters. The standard InChI is InChI=1S/C64H59BN2O/c1-9-18-37(2)39-27-28-52(45(31-39)38-19-11-10-12-20-38)67-53-36-55-56(43-23-15-16-26-54(43)68-55)57(44-25-17-24-42-46-32-40-21-13-14-22-41(40)33-51(46)66-59(42)44)58(53)65-61-60(67)47-34-49-50(35-48(47)64(61,7)8)63(5,6)30-29-62(49,3)4/h10-17,19-28,31-37,65-66H,9,18,29-30H2,1-8H3/t37-/m0/s1. The average molecular weight is 883 g/mol. The lowest BCUT2D eigenvalue weighted by Gasteiger charge is -2.43. The van der Waals surface area contributed by atoms with Gasteiger partial charge in [-0.3, -0.25) is 0 Å². The van der Waals surface area contributed by atoms with Crippen molar-refractivity contribution in [2.24, 2.45) is 0 Å². The Morgan fingerprint density at radius 3 is 2.10 bits per heavy atom. The molecule has 0 radical (unpaired) electrons. The molecule has 334 valence electrons. The van der Waals surface area contributed by atoms with Gasteiger partial charge in [-0.1, -0.05) is 170 Å². The van der Waals surface area contributed by atoms with E-state index in [1.807, 2.05) is 0 Å². The number of para-hydroxylation sites is 2. The highest BCUT2D eigenvalue weighted by atomic mass is 16.3. The van der Waals surface area contributed by atoms with Crippen molar-refractivity contribution in [2.75, 3.05) is 4.90 Å². The first kappa shape index (κ1) is 41.4. The van der Waals surface area contributed by atoms with Gasteiger partial charge in [-0.05, 0) is 122 Å². The Balaban J connectivity index is 1.17. The highest BCUT2D eigenvalue weighted by Crippen LogP contribution is 2.58. The van der Waals surface area contributed by atoms with Crippen molar-refractivity contribution in [3.63, 3.8) is 0 Å². The molecule has 1 N–H and O–H groups in total. The predicted octanol–water partition coefficient (Wildman–Crippen LogP) is 16.8. The second-order valence-electron chi connectivity index (χ2n) is 22.3. The molecule has 0 saturated heterocycles. The Hall–Kier alpha value is -6.78. The van der Waals surface area contributed by atoms with Gasteiger partial charge < -0.3 is 14.3 Å². The summed E-state index contributed by atoms with van der Waals surface area (Å²) in [5.74, 6) is 0.444.